The molecule has 0 aliphatic carbocycles. The number of hydrogen-bond acceptors (Lipinski definition) is 6. The molecule has 1 atom stereocenters. The van der Waals surface area contributed by atoms with Gasteiger partial charge in [-0.2, -0.15) is 10.2 Å². The van der Waals surface area contributed by atoms with Crippen LogP contribution in [0, 0.1) is 18.6 Å². The Morgan fingerprint density at radius 2 is 1.87 bits per heavy atom. The lowest BCUT2D eigenvalue weighted by Gasteiger charge is -2.18. The molecule has 1 aromatic carbocycles. The van der Waals surface area contributed by atoms with Crippen molar-refractivity contribution in [3.63, 3.8) is 0 Å². The van der Waals surface area contributed by atoms with Gasteiger partial charge in [-0.3, -0.25) is 19.3 Å². The summed E-state index contributed by atoms with van der Waals surface area (Å²) in [6.45, 7) is 2.18. The molecule has 1 unspecified atom stereocenters. The lowest BCUT2D eigenvalue weighted by Crippen LogP contribution is -2.33. The Hall–Kier alpha value is -4.84. The average molecular weight is 546 g/mol. The van der Waals surface area contributed by atoms with Crippen LogP contribution in [0.25, 0.3) is 27.9 Å². The molecule has 10 nitrogen and oxygen atoms in total. The topological polar surface area (TPSA) is 107 Å². The zero-order chi connectivity index (χ0) is 26.9. The number of aryl methyl sites for hydroxylation is 1. The summed E-state index contributed by atoms with van der Waals surface area (Å²) in [6, 6.07) is 10.1. The van der Waals surface area contributed by atoms with E-state index in [1.807, 2.05) is 25.3 Å². The van der Waals surface area contributed by atoms with Crippen molar-refractivity contribution in [1.82, 2.24) is 45.1 Å². The average Bonchev–Trinajstić information content (AvgIpc) is 3.72. The molecule has 194 valence electrons. The molecular weight excluding hydrogens is 526 g/mol. The van der Waals surface area contributed by atoms with Gasteiger partial charge in [-0.25, -0.2) is 8.78 Å². The third kappa shape index (κ3) is 4.89. The van der Waals surface area contributed by atoms with Gasteiger partial charge in [-0.15, -0.1) is 4.68 Å². The molecular formula is C26H20ClF2N10+. The molecule has 1 N–H and O–H groups in total. The predicted octanol–water partition coefficient (Wildman–Crippen LogP) is 4.13. The number of nitrogens with zero attached hydrogens (tertiary/aromatic N) is 9. The Bertz CT molecular complexity index is 1750. The summed E-state index contributed by atoms with van der Waals surface area (Å²) in [4.78, 5) is 8.91. The van der Waals surface area contributed by atoms with Crippen LogP contribution in [0.2, 0.25) is 5.02 Å². The highest BCUT2D eigenvalue weighted by atomic mass is 35.5. The highest BCUT2D eigenvalue weighted by Gasteiger charge is 2.22. The zero-order valence-corrected chi connectivity index (χ0v) is 21.2. The summed E-state index contributed by atoms with van der Waals surface area (Å²) in [6.07, 6.45) is 10.8. The molecule has 5 heterocycles. The summed E-state index contributed by atoms with van der Waals surface area (Å²) in [5.41, 5.74) is 4.56. The summed E-state index contributed by atoms with van der Waals surface area (Å²) >= 11 is 6.11. The van der Waals surface area contributed by atoms with Crippen LogP contribution in [-0.4, -0.2) is 45.1 Å². The number of nitrogens with one attached hydrogen (secondary N) is 1. The second kappa shape index (κ2) is 10.1. The van der Waals surface area contributed by atoms with Gasteiger partial charge >= 0.3 is 0 Å². The quantitative estimate of drug-likeness (QED) is 0.302. The number of benzene rings is 1. The van der Waals surface area contributed by atoms with Crippen LogP contribution >= 0.6 is 11.6 Å². The number of aromatic nitrogens is 10. The first-order valence-electron chi connectivity index (χ1n) is 11.8. The van der Waals surface area contributed by atoms with Crippen LogP contribution in [0.3, 0.4) is 0 Å². The number of H-pyrrole nitrogens is 1. The third-order valence-corrected chi connectivity index (χ3v) is 6.53. The maximum Gasteiger partial charge on any atom is 0.293 e. The number of halogens is 3. The fourth-order valence-corrected chi connectivity index (χ4v) is 4.53. The molecule has 5 aromatic heterocycles. The van der Waals surface area contributed by atoms with E-state index in [4.69, 9.17) is 11.6 Å². The van der Waals surface area contributed by atoms with Gasteiger partial charge in [0.2, 0.25) is 0 Å². The van der Waals surface area contributed by atoms with Crippen LogP contribution in [-0.2, 0) is 6.54 Å². The number of aromatic amines is 1. The first-order valence-corrected chi connectivity index (χ1v) is 12.2. The maximum absolute atomic E-state index is 15.3. The maximum atomic E-state index is 15.3. The van der Waals surface area contributed by atoms with Gasteiger partial charge in [0.1, 0.15) is 16.8 Å². The summed E-state index contributed by atoms with van der Waals surface area (Å²) in [5, 5.41) is 18.8. The third-order valence-electron chi connectivity index (χ3n) is 6.24. The Balaban J connectivity index is 1.39. The minimum absolute atomic E-state index is 0.0279. The van der Waals surface area contributed by atoms with E-state index < -0.39 is 17.7 Å². The fraction of sp³-hybridized carbons (Fsp3) is 0.115. The van der Waals surface area contributed by atoms with Crippen molar-refractivity contribution >= 4 is 11.6 Å². The van der Waals surface area contributed by atoms with Crippen molar-refractivity contribution in [3.8, 4) is 27.9 Å². The molecule has 13 heteroatoms. The molecule has 0 saturated heterocycles. The SMILES string of the molecule is Cc1cc(-c2cnn(C(Cn3cc(F)cn3)c3ccc(-c4c(-[n+]5cnn[nH]5)ccc(Cl)c4F)cn3)c2)ccn1. The zero-order valence-electron chi connectivity index (χ0n) is 20.4. The Labute approximate surface area is 225 Å². The van der Waals surface area contributed by atoms with Crippen LogP contribution in [0.1, 0.15) is 17.4 Å². The van der Waals surface area contributed by atoms with Crippen LogP contribution in [0.5, 0.6) is 0 Å². The van der Waals surface area contributed by atoms with Crippen molar-refractivity contribution in [2.75, 3.05) is 0 Å². The van der Waals surface area contributed by atoms with E-state index in [-0.39, 0.29) is 17.1 Å². The van der Waals surface area contributed by atoms with Crippen molar-refractivity contribution in [3.05, 3.63) is 108 Å². The summed E-state index contributed by atoms with van der Waals surface area (Å²) in [5.74, 6) is -1.04. The molecule has 0 aliphatic rings. The van der Waals surface area contributed by atoms with Crippen LogP contribution in [0.15, 0.2) is 79.9 Å². The van der Waals surface area contributed by atoms with E-state index in [9.17, 15) is 4.39 Å². The molecule has 0 spiro atoms. The first-order chi connectivity index (χ1) is 19.0. The van der Waals surface area contributed by atoms with E-state index in [0.29, 0.717) is 16.9 Å². The molecule has 0 amide bonds. The Morgan fingerprint density at radius 1 is 0.974 bits per heavy atom. The van der Waals surface area contributed by atoms with E-state index in [0.717, 1.165) is 23.0 Å². The van der Waals surface area contributed by atoms with Gasteiger partial charge in [0.05, 0.1) is 41.4 Å². The number of pyridine rings is 2. The number of hydrogen-bond donors (Lipinski definition) is 1. The lowest BCUT2D eigenvalue weighted by atomic mass is 10.0. The van der Waals surface area contributed by atoms with E-state index in [1.165, 1.54) is 28.0 Å². The molecule has 0 fully saturated rings. The second-order valence-electron chi connectivity index (χ2n) is 8.82. The van der Waals surface area contributed by atoms with Crippen LogP contribution < -0.4 is 4.68 Å². The Kier molecular flexibility index (Phi) is 6.37. The highest BCUT2D eigenvalue weighted by Crippen LogP contribution is 2.32. The fourth-order valence-electron chi connectivity index (χ4n) is 4.37. The highest BCUT2D eigenvalue weighted by molar-refractivity contribution is 6.31. The molecule has 39 heavy (non-hydrogen) atoms. The van der Waals surface area contributed by atoms with Crippen LogP contribution in [0.4, 0.5) is 8.78 Å². The van der Waals surface area contributed by atoms with Gasteiger partial charge in [-0.05, 0) is 42.8 Å². The molecule has 0 saturated carbocycles. The standard InChI is InChI=1S/C26H19ClF2N10/c1-16-8-17(6-7-30-16)19-10-34-38(12-19)24(14-37-13-20(28)11-33-37)22-4-2-18(9-31-22)25-23(39-15-32-35-36-39)5-3-21(27)26(25)29/h2-13,15,24H,14H2,1H3/p+1. The molecule has 6 rings (SSSR count). The molecule has 0 bridgehead atoms. The van der Waals surface area contributed by atoms with E-state index in [1.54, 1.807) is 41.5 Å². The Morgan fingerprint density at radius 3 is 2.59 bits per heavy atom. The molecule has 0 aliphatic heterocycles. The van der Waals surface area contributed by atoms with Crippen molar-refractivity contribution < 1.29 is 13.5 Å². The van der Waals surface area contributed by atoms with Crippen molar-refractivity contribution in [1.29, 1.82) is 0 Å². The predicted molar refractivity (Wildman–Crippen MR) is 137 cm³/mol. The number of rotatable bonds is 7. The normalized spacial score (nSPS) is 12.1. The summed E-state index contributed by atoms with van der Waals surface area (Å²) < 4.78 is 33.7. The lowest BCUT2D eigenvalue weighted by molar-refractivity contribution is -0.659. The van der Waals surface area contributed by atoms with Gasteiger partial charge in [-0.1, -0.05) is 22.9 Å². The largest absolute Gasteiger partial charge is 0.293 e. The second-order valence-corrected chi connectivity index (χ2v) is 9.23. The van der Waals surface area contributed by atoms with Gasteiger partial charge < -0.3 is 0 Å². The van der Waals surface area contributed by atoms with Gasteiger partial charge in [0.25, 0.3) is 6.33 Å². The van der Waals surface area contributed by atoms with E-state index >= 15 is 4.39 Å². The van der Waals surface area contributed by atoms with Gasteiger partial charge in [0.15, 0.2) is 16.8 Å². The van der Waals surface area contributed by atoms with E-state index in [2.05, 4.69) is 35.7 Å². The number of tetrazole rings is 1. The monoisotopic (exact) mass is 545 g/mol. The van der Waals surface area contributed by atoms with Gasteiger partial charge in [0, 0.05) is 35.4 Å². The van der Waals surface area contributed by atoms with Crippen molar-refractivity contribution in [2.45, 2.75) is 19.5 Å². The summed E-state index contributed by atoms with van der Waals surface area (Å²) in [7, 11) is 0. The first kappa shape index (κ1) is 24.5. The smallest absolute Gasteiger partial charge is 0.267 e. The molecule has 6 aromatic rings. The minimum Gasteiger partial charge on any atom is -0.267 e. The minimum atomic E-state index is -0.598. The van der Waals surface area contributed by atoms with Crippen molar-refractivity contribution in [2.24, 2.45) is 0 Å². The molecule has 0 radical (unpaired) electrons.